The van der Waals surface area contributed by atoms with Crippen molar-refractivity contribution < 1.29 is 4.42 Å². The van der Waals surface area contributed by atoms with E-state index in [1.54, 1.807) is 0 Å². The van der Waals surface area contributed by atoms with E-state index in [4.69, 9.17) is 4.42 Å². The molecule has 0 N–H and O–H groups in total. The maximum atomic E-state index is 6.38. The average Bonchev–Trinajstić information content (AvgIpc) is 3.69. The van der Waals surface area contributed by atoms with Crippen molar-refractivity contribution in [3.63, 3.8) is 0 Å². The van der Waals surface area contributed by atoms with Crippen LogP contribution in [0.2, 0.25) is 0 Å². The van der Waals surface area contributed by atoms with E-state index in [2.05, 4.69) is 223 Å². The minimum absolute atomic E-state index is 0.883. The largest absolute Gasteiger partial charge is 0.456 e. The van der Waals surface area contributed by atoms with Crippen LogP contribution in [0, 0.1) is 0 Å². The van der Waals surface area contributed by atoms with E-state index >= 15 is 0 Å². The fourth-order valence-electron chi connectivity index (χ4n) is 8.73. The molecule has 0 aliphatic carbocycles. The van der Waals surface area contributed by atoms with Crippen molar-refractivity contribution in [2.75, 3.05) is 4.90 Å². The molecule has 11 aromatic rings. The van der Waals surface area contributed by atoms with Crippen molar-refractivity contribution in [2.24, 2.45) is 0 Å². The van der Waals surface area contributed by atoms with E-state index in [0.717, 1.165) is 50.1 Å². The van der Waals surface area contributed by atoms with E-state index in [1.165, 1.54) is 54.9 Å². The van der Waals surface area contributed by atoms with Gasteiger partial charge in [0.1, 0.15) is 11.2 Å². The average molecular weight is 740 g/mol. The molecule has 0 aliphatic heterocycles. The van der Waals surface area contributed by atoms with Gasteiger partial charge in [-0.25, -0.2) is 0 Å². The number of benzene rings is 10. The van der Waals surface area contributed by atoms with Gasteiger partial charge in [-0.3, -0.25) is 0 Å². The highest BCUT2D eigenvalue weighted by Gasteiger charge is 2.21. The van der Waals surface area contributed by atoms with E-state index < -0.39 is 0 Å². The molecule has 0 atom stereocenters. The van der Waals surface area contributed by atoms with Crippen molar-refractivity contribution in [2.45, 2.75) is 0 Å². The second-order valence-corrected chi connectivity index (χ2v) is 14.9. The Labute approximate surface area is 337 Å². The summed E-state index contributed by atoms with van der Waals surface area (Å²) in [4.78, 5) is 2.40. The molecule has 0 saturated heterocycles. The number of nitrogens with zero attached hydrogens (tertiary/aromatic N) is 1. The third kappa shape index (κ3) is 5.82. The van der Waals surface area contributed by atoms with Crippen molar-refractivity contribution >= 4 is 60.5 Å². The summed E-state index contributed by atoms with van der Waals surface area (Å²) in [5, 5.41) is 7.23. The summed E-state index contributed by atoms with van der Waals surface area (Å²) >= 11 is 0. The maximum absolute atomic E-state index is 6.38. The summed E-state index contributed by atoms with van der Waals surface area (Å²) in [5.74, 6) is 0. The third-order valence-corrected chi connectivity index (χ3v) is 11.5. The third-order valence-electron chi connectivity index (χ3n) is 11.5. The zero-order chi connectivity index (χ0) is 38.4. The van der Waals surface area contributed by atoms with Crippen LogP contribution < -0.4 is 4.90 Å². The lowest BCUT2D eigenvalue weighted by Crippen LogP contribution is -2.11. The molecule has 2 nitrogen and oxygen atoms in total. The molecule has 1 aromatic heterocycles. The van der Waals surface area contributed by atoms with Gasteiger partial charge in [-0.05, 0) is 103 Å². The van der Waals surface area contributed by atoms with Gasteiger partial charge < -0.3 is 9.32 Å². The summed E-state index contributed by atoms with van der Waals surface area (Å²) in [6.07, 6.45) is 0. The van der Waals surface area contributed by atoms with Crippen LogP contribution in [-0.4, -0.2) is 0 Å². The fraction of sp³-hybridized carbons (Fsp3) is 0. The molecule has 11 rings (SSSR count). The number of rotatable bonds is 7. The molecule has 0 unspecified atom stereocenters. The standard InChI is InChI=1S/C56H37NO/c1-3-19-46-40(13-1)15-10-23-48(46)42-31-29-38(30-32-42)39-33-35-44(36-34-39)57(45-18-9-17-43(37-45)49-24-11-16-41-14-2-4-20-47(41)49)53-26-7-5-21-50(53)51-25-12-28-55-56(51)52-22-6-8-27-54(52)58-55/h1-37H. The zero-order valence-electron chi connectivity index (χ0n) is 31.7. The first-order chi connectivity index (χ1) is 28.8. The summed E-state index contributed by atoms with van der Waals surface area (Å²) < 4.78 is 6.38. The Morgan fingerprint density at radius 2 is 0.793 bits per heavy atom. The van der Waals surface area contributed by atoms with Gasteiger partial charge in [0.2, 0.25) is 0 Å². The van der Waals surface area contributed by atoms with Crippen LogP contribution in [0.15, 0.2) is 229 Å². The van der Waals surface area contributed by atoms with Gasteiger partial charge in [-0.1, -0.05) is 182 Å². The predicted octanol–water partition coefficient (Wildman–Crippen LogP) is 16.0. The summed E-state index contributed by atoms with van der Waals surface area (Å²) in [6.45, 7) is 0. The highest BCUT2D eigenvalue weighted by atomic mass is 16.3. The van der Waals surface area contributed by atoms with Crippen LogP contribution in [-0.2, 0) is 0 Å². The lowest BCUT2D eigenvalue weighted by Gasteiger charge is -2.28. The Kier molecular flexibility index (Phi) is 8.19. The van der Waals surface area contributed by atoms with Crippen molar-refractivity contribution in [1.82, 2.24) is 0 Å². The van der Waals surface area contributed by atoms with Gasteiger partial charge in [0.05, 0.1) is 5.69 Å². The van der Waals surface area contributed by atoms with Crippen LogP contribution in [0.5, 0.6) is 0 Å². The van der Waals surface area contributed by atoms with Crippen LogP contribution in [0.25, 0.3) is 88.0 Å². The van der Waals surface area contributed by atoms with Gasteiger partial charge in [0.15, 0.2) is 0 Å². The number of anilines is 3. The minimum Gasteiger partial charge on any atom is -0.456 e. The smallest absolute Gasteiger partial charge is 0.136 e. The Balaban J connectivity index is 1.05. The van der Waals surface area contributed by atoms with Crippen LogP contribution >= 0.6 is 0 Å². The van der Waals surface area contributed by atoms with Gasteiger partial charge in [0, 0.05) is 27.7 Å². The second-order valence-electron chi connectivity index (χ2n) is 14.9. The highest BCUT2D eigenvalue weighted by molar-refractivity contribution is 6.14. The first-order valence-electron chi connectivity index (χ1n) is 19.8. The number of para-hydroxylation sites is 2. The molecule has 2 heteroatoms. The number of hydrogen-bond acceptors (Lipinski definition) is 2. The van der Waals surface area contributed by atoms with Crippen molar-refractivity contribution in [3.8, 4) is 44.5 Å². The molecule has 10 aromatic carbocycles. The highest BCUT2D eigenvalue weighted by Crippen LogP contribution is 2.46. The first kappa shape index (κ1) is 33.6. The van der Waals surface area contributed by atoms with E-state index in [-0.39, 0.29) is 0 Å². The van der Waals surface area contributed by atoms with Crippen molar-refractivity contribution in [1.29, 1.82) is 0 Å². The topological polar surface area (TPSA) is 16.4 Å². The van der Waals surface area contributed by atoms with Crippen molar-refractivity contribution in [3.05, 3.63) is 224 Å². The Morgan fingerprint density at radius 3 is 1.53 bits per heavy atom. The van der Waals surface area contributed by atoms with Gasteiger partial charge >= 0.3 is 0 Å². The zero-order valence-corrected chi connectivity index (χ0v) is 31.7. The molecule has 0 spiro atoms. The molecule has 1 heterocycles. The number of fused-ring (bicyclic) bond motifs is 5. The molecular formula is C56H37NO. The van der Waals surface area contributed by atoms with E-state index in [0.29, 0.717) is 0 Å². The van der Waals surface area contributed by atoms with Crippen LogP contribution in [0.3, 0.4) is 0 Å². The van der Waals surface area contributed by atoms with E-state index in [1.807, 2.05) is 6.07 Å². The fourth-order valence-corrected chi connectivity index (χ4v) is 8.73. The van der Waals surface area contributed by atoms with Gasteiger partial charge in [0.25, 0.3) is 0 Å². The number of furan rings is 1. The van der Waals surface area contributed by atoms with Crippen LogP contribution in [0.4, 0.5) is 17.1 Å². The Bertz CT molecular complexity index is 3270. The number of hydrogen-bond donors (Lipinski definition) is 0. The molecule has 0 amide bonds. The summed E-state index contributed by atoms with van der Waals surface area (Å²) in [5.41, 5.74) is 14.5. The Morgan fingerprint density at radius 1 is 0.293 bits per heavy atom. The monoisotopic (exact) mass is 739 g/mol. The SMILES string of the molecule is c1cc(-c2cccc3ccccc23)cc(N(c2ccc(-c3ccc(-c4cccc5ccccc45)cc3)cc2)c2ccccc2-c2cccc3oc4ccccc4c23)c1. The summed E-state index contributed by atoms with van der Waals surface area (Å²) in [6, 6.07) is 80.7. The molecule has 0 bridgehead atoms. The van der Waals surface area contributed by atoms with Gasteiger partial charge in [-0.2, -0.15) is 0 Å². The molecule has 0 radical (unpaired) electrons. The molecule has 0 saturated carbocycles. The lowest BCUT2D eigenvalue weighted by molar-refractivity contribution is 0.669. The molecule has 58 heavy (non-hydrogen) atoms. The van der Waals surface area contributed by atoms with Crippen LogP contribution in [0.1, 0.15) is 0 Å². The normalized spacial score (nSPS) is 11.4. The quantitative estimate of drug-likeness (QED) is 0.162. The molecule has 0 aliphatic rings. The predicted molar refractivity (Wildman–Crippen MR) is 245 cm³/mol. The lowest BCUT2D eigenvalue weighted by atomic mass is 9.95. The maximum Gasteiger partial charge on any atom is 0.136 e. The first-order valence-corrected chi connectivity index (χ1v) is 19.8. The molecular weight excluding hydrogens is 703 g/mol. The Hall–Kier alpha value is -7.68. The molecule has 272 valence electrons. The molecule has 0 fully saturated rings. The van der Waals surface area contributed by atoms with Gasteiger partial charge in [-0.15, -0.1) is 0 Å². The second kappa shape index (κ2) is 14.1. The van der Waals surface area contributed by atoms with E-state index in [9.17, 15) is 0 Å². The summed E-state index contributed by atoms with van der Waals surface area (Å²) in [7, 11) is 0. The minimum atomic E-state index is 0.883.